The molecule has 6 heteroatoms. The summed E-state index contributed by atoms with van der Waals surface area (Å²) in [6, 6.07) is 2.71. The van der Waals surface area contributed by atoms with Crippen molar-refractivity contribution in [1.82, 2.24) is 9.97 Å². The van der Waals surface area contributed by atoms with Crippen molar-refractivity contribution in [3.05, 3.63) is 43.1 Å². The lowest BCUT2D eigenvalue weighted by Crippen LogP contribution is -2.29. The molecule has 0 aliphatic rings. The minimum absolute atomic E-state index is 0.00204. The van der Waals surface area contributed by atoms with Gasteiger partial charge in [0.1, 0.15) is 11.3 Å². The van der Waals surface area contributed by atoms with Gasteiger partial charge in [0, 0.05) is 4.47 Å². The number of rotatable bonds is 0. The highest BCUT2D eigenvalue weighted by Crippen LogP contribution is 2.18. The molecule has 0 bridgehead atoms. The summed E-state index contributed by atoms with van der Waals surface area (Å²) >= 11 is 3.07. The summed E-state index contributed by atoms with van der Waals surface area (Å²) in [5, 5.41) is 0. The molecule has 14 heavy (non-hydrogen) atoms. The summed E-state index contributed by atoms with van der Waals surface area (Å²) in [4.78, 5) is 26.2. The second-order valence-electron chi connectivity index (χ2n) is 2.72. The number of hydrogen-bond acceptors (Lipinski definition) is 2. The molecule has 0 amide bonds. The van der Waals surface area contributed by atoms with Gasteiger partial charge in [0.2, 0.25) is 0 Å². The zero-order chi connectivity index (χ0) is 10.3. The Kier molecular flexibility index (Phi) is 1.99. The number of aromatic amines is 2. The smallest absolute Gasteiger partial charge is 0.314 e. The standard InChI is InChI=1S/C8H4BrFN2O2/c9-3-1-4(10)6-5(2-3)11-7(13)8(14)12-6/h1-2H,(H,11,13)(H,12,14). The molecule has 0 radical (unpaired) electrons. The summed E-state index contributed by atoms with van der Waals surface area (Å²) in [6.07, 6.45) is 0. The number of halogens is 2. The van der Waals surface area contributed by atoms with Gasteiger partial charge in [-0.05, 0) is 12.1 Å². The maximum Gasteiger partial charge on any atom is 0.314 e. The van der Waals surface area contributed by atoms with Crippen molar-refractivity contribution >= 4 is 27.0 Å². The van der Waals surface area contributed by atoms with Crippen molar-refractivity contribution in [3.8, 4) is 0 Å². The van der Waals surface area contributed by atoms with E-state index in [1.165, 1.54) is 12.1 Å². The fourth-order valence-corrected chi connectivity index (χ4v) is 1.58. The third-order valence-electron chi connectivity index (χ3n) is 1.75. The van der Waals surface area contributed by atoms with Gasteiger partial charge in [-0.2, -0.15) is 0 Å². The van der Waals surface area contributed by atoms with E-state index >= 15 is 0 Å². The van der Waals surface area contributed by atoms with E-state index in [1.54, 1.807) is 0 Å². The highest BCUT2D eigenvalue weighted by atomic mass is 79.9. The molecule has 0 saturated heterocycles. The zero-order valence-corrected chi connectivity index (χ0v) is 8.31. The molecule has 2 aromatic rings. The number of hydrogen-bond donors (Lipinski definition) is 2. The minimum atomic E-state index is -0.862. The average molecular weight is 259 g/mol. The molecule has 72 valence electrons. The number of benzene rings is 1. The van der Waals surface area contributed by atoms with E-state index in [1.807, 2.05) is 0 Å². The summed E-state index contributed by atoms with van der Waals surface area (Å²) in [6.45, 7) is 0. The SMILES string of the molecule is O=c1[nH]c2cc(Br)cc(F)c2[nH]c1=O. The molecule has 2 N–H and O–H groups in total. The van der Waals surface area contributed by atoms with Crippen molar-refractivity contribution in [2.75, 3.05) is 0 Å². The van der Waals surface area contributed by atoms with E-state index in [4.69, 9.17) is 0 Å². The predicted octanol–water partition coefficient (Wildman–Crippen LogP) is 1.12. The van der Waals surface area contributed by atoms with Crippen LogP contribution in [0.15, 0.2) is 26.2 Å². The van der Waals surface area contributed by atoms with Crippen LogP contribution in [0.4, 0.5) is 4.39 Å². The fraction of sp³-hybridized carbons (Fsp3) is 0. The van der Waals surface area contributed by atoms with Crippen molar-refractivity contribution in [2.45, 2.75) is 0 Å². The summed E-state index contributed by atoms with van der Waals surface area (Å²) < 4.78 is 13.7. The van der Waals surface area contributed by atoms with Crippen LogP contribution in [0, 0.1) is 5.82 Å². The van der Waals surface area contributed by atoms with Crippen LogP contribution in [-0.4, -0.2) is 9.97 Å². The highest BCUT2D eigenvalue weighted by Gasteiger charge is 2.05. The Balaban J connectivity index is 3.03. The van der Waals surface area contributed by atoms with Gasteiger partial charge in [-0.3, -0.25) is 9.59 Å². The van der Waals surface area contributed by atoms with Gasteiger partial charge in [-0.25, -0.2) is 4.39 Å². The first-order chi connectivity index (χ1) is 6.58. The quantitative estimate of drug-likeness (QED) is 0.696. The third kappa shape index (κ3) is 1.37. The molecule has 4 nitrogen and oxygen atoms in total. The lowest BCUT2D eigenvalue weighted by Gasteiger charge is -1.99. The Morgan fingerprint density at radius 2 is 1.79 bits per heavy atom. The first-order valence-electron chi connectivity index (χ1n) is 3.69. The van der Waals surface area contributed by atoms with E-state index in [0.717, 1.165) is 0 Å². The Bertz CT molecular complexity index is 617. The topological polar surface area (TPSA) is 65.7 Å². The predicted molar refractivity (Wildman–Crippen MR) is 52.8 cm³/mol. The molecular formula is C8H4BrFN2O2. The van der Waals surface area contributed by atoms with Crippen LogP contribution in [0.2, 0.25) is 0 Å². The lowest BCUT2D eigenvalue weighted by atomic mass is 10.3. The molecule has 1 aromatic heterocycles. The van der Waals surface area contributed by atoms with Crippen LogP contribution >= 0.6 is 15.9 Å². The zero-order valence-electron chi connectivity index (χ0n) is 6.73. The van der Waals surface area contributed by atoms with Crippen LogP contribution in [0.25, 0.3) is 11.0 Å². The van der Waals surface area contributed by atoms with E-state index in [2.05, 4.69) is 25.9 Å². The van der Waals surface area contributed by atoms with Crippen molar-refractivity contribution in [2.24, 2.45) is 0 Å². The number of aromatic nitrogens is 2. The second kappa shape index (κ2) is 3.06. The normalized spacial score (nSPS) is 10.7. The summed E-state index contributed by atoms with van der Waals surface area (Å²) in [5.74, 6) is -0.595. The molecule has 0 unspecified atom stereocenters. The first kappa shape index (κ1) is 9.14. The van der Waals surface area contributed by atoms with Gasteiger partial charge in [-0.15, -0.1) is 0 Å². The van der Waals surface area contributed by atoms with Gasteiger partial charge in [-0.1, -0.05) is 15.9 Å². The van der Waals surface area contributed by atoms with Gasteiger partial charge in [0.25, 0.3) is 0 Å². The van der Waals surface area contributed by atoms with Crippen molar-refractivity contribution < 1.29 is 4.39 Å². The van der Waals surface area contributed by atoms with E-state index in [9.17, 15) is 14.0 Å². The molecule has 0 saturated carbocycles. The maximum atomic E-state index is 13.2. The average Bonchev–Trinajstić information content (AvgIpc) is 2.08. The van der Waals surface area contributed by atoms with E-state index < -0.39 is 16.9 Å². The molecule has 2 rings (SSSR count). The van der Waals surface area contributed by atoms with Crippen LogP contribution in [0.1, 0.15) is 0 Å². The number of nitrogens with one attached hydrogen (secondary N) is 2. The maximum absolute atomic E-state index is 13.2. The van der Waals surface area contributed by atoms with Crippen LogP contribution in [-0.2, 0) is 0 Å². The molecule has 1 aromatic carbocycles. The molecule has 0 spiro atoms. The van der Waals surface area contributed by atoms with Crippen LogP contribution < -0.4 is 11.1 Å². The minimum Gasteiger partial charge on any atom is -0.316 e. The van der Waals surface area contributed by atoms with E-state index in [-0.39, 0.29) is 11.0 Å². The Labute approximate surface area is 84.9 Å². The van der Waals surface area contributed by atoms with Gasteiger partial charge >= 0.3 is 11.1 Å². The molecule has 0 aliphatic heterocycles. The first-order valence-corrected chi connectivity index (χ1v) is 4.48. The number of fused-ring (bicyclic) bond motifs is 1. The lowest BCUT2D eigenvalue weighted by molar-refractivity contribution is 0.635. The molecule has 0 aliphatic carbocycles. The molecule has 1 heterocycles. The Morgan fingerprint density at radius 1 is 1.14 bits per heavy atom. The fourth-order valence-electron chi connectivity index (χ4n) is 1.15. The van der Waals surface area contributed by atoms with Gasteiger partial charge < -0.3 is 9.97 Å². The molecule has 0 atom stereocenters. The monoisotopic (exact) mass is 258 g/mol. The number of H-pyrrole nitrogens is 2. The highest BCUT2D eigenvalue weighted by molar-refractivity contribution is 9.10. The second-order valence-corrected chi connectivity index (χ2v) is 3.63. The largest absolute Gasteiger partial charge is 0.316 e. The van der Waals surface area contributed by atoms with Crippen LogP contribution in [0.3, 0.4) is 0 Å². The Hall–Kier alpha value is -1.43. The van der Waals surface area contributed by atoms with Crippen molar-refractivity contribution in [1.29, 1.82) is 0 Å². The molecule has 0 fully saturated rings. The van der Waals surface area contributed by atoms with Crippen LogP contribution in [0.5, 0.6) is 0 Å². The van der Waals surface area contributed by atoms with Gasteiger partial charge in [0.15, 0.2) is 0 Å². The van der Waals surface area contributed by atoms with E-state index in [0.29, 0.717) is 4.47 Å². The van der Waals surface area contributed by atoms with Gasteiger partial charge in [0.05, 0.1) is 5.52 Å². The Morgan fingerprint density at radius 3 is 2.50 bits per heavy atom. The summed E-state index contributed by atoms with van der Waals surface area (Å²) in [5.41, 5.74) is -1.41. The van der Waals surface area contributed by atoms with Crippen molar-refractivity contribution in [3.63, 3.8) is 0 Å². The summed E-state index contributed by atoms with van der Waals surface area (Å²) in [7, 11) is 0. The molecular weight excluding hydrogens is 255 g/mol. The third-order valence-corrected chi connectivity index (χ3v) is 2.21.